The topological polar surface area (TPSA) is 77.2 Å². The molecule has 3 aromatic rings. The molecule has 1 aromatic heterocycles. The smallest absolute Gasteiger partial charge is 0.256 e. The van der Waals surface area contributed by atoms with E-state index in [-0.39, 0.29) is 11.8 Å². The van der Waals surface area contributed by atoms with E-state index < -0.39 is 11.6 Å². The van der Waals surface area contributed by atoms with E-state index in [0.717, 1.165) is 37.8 Å². The number of aryl methyl sites for hydroxylation is 1. The van der Waals surface area contributed by atoms with E-state index in [9.17, 15) is 18.4 Å². The molecule has 0 bridgehead atoms. The Morgan fingerprint density at radius 1 is 1.11 bits per heavy atom. The number of carbonyl (C=O) groups is 2. The van der Waals surface area contributed by atoms with Gasteiger partial charge in [0, 0.05) is 29.6 Å². The summed E-state index contributed by atoms with van der Waals surface area (Å²) < 4.78 is 27.9. The fourth-order valence-corrected chi connectivity index (χ4v) is 5.00. The fourth-order valence-electron chi connectivity index (χ4n) is 5.00. The van der Waals surface area contributed by atoms with Gasteiger partial charge in [-0.2, -0.15) is 0 Å². The molecular weight excluding hydrogens is 462 g/mol. The van der Waals surface area contributed by atoms with Crippen LogP contribution >= 0.6 is 0 Å². The second-order valence-corrected chi connectivity index (χ2v) is 9.34. The van der Waals surface area contributed by atoms with Gasteiger partial charge in [0.2, 0.25) is 0 Å². The largest absolute Gasteiger partial charge is 0.358 e. The maximum absolute atomic E-state index is 14.0. The van der Waals surface area contributed by atoms with E-state index in [4.69, 9.17) is 0 Å². The third-order valence-corrected chi connectivity index (χ3v) is 6.65. The van der Waals surface area contributed by atoms with Crippen molar-refractivity contribution < 1.29 is 18.4 Å². The SMILES string of the molecule is Cc1cc(C(=O)NCCCN2CCCC2)c(C=C2C(=O)Nc3cccc(-c4cc(F)cc(F)c4)c32)[nH]1. The van der Waals surface area contributed by atoms with Crippen LogP contribution in [0.5, 0.6) is 0 Å². The van der Waals surface area contributed by atoms with E-state index in [1.807, 2.05) is 6.92 Å². The lowest BCUT2D eigenvalue weighted by Crippen LogP contribution is -2.28. The van der Waals surface area contributed by atoms with Gasteiger partial charge in [-0.15, -0.1) is 0 Å². The molecule has 5 rings (SSSR count). The van der Waals surface area contributed by atoms with Crippen LogP contribution in [0.2, 0.25) is 0 Å². The molecule has 0 aliphatic carbocycles. The van der Waals surface area contributed by atoms with Crippen molar-refractivity contribution in [2.24, 2.45) is 0 Å². The molecule has 1 fully saturated rings. The molecule has 0 saturated carbocycles. The number of aromatic nitrogens is 1. The normalized spacial score (nSPS) is 16.4. The van der Waals surface area contributed by atoms with Crippen LogP contribution in [-0.4, -0.2) is 47.9 Å². The van der Waals surface area contributed by atoms with Crippen LogP contribution in [0.3, 0.4) is 0 Å². The van der Waals surface area contributed by atoms with Gasteiger partial charge in [0.25, 0.3) is 11.8 Å². The van der Waals surface area contributed by atoms with Crippen molar-refractivity contribution in [3.8, 4) is 11.1 Å². The third-order valence-electron chi connectivity index (χ3n) is 6.65. The first-order valence-corrected chi connectivity index (χ1v) is 12.2. The number of hydrogen-bond acceptors (Lipinski definition) is 3. The molecule has 1 saturated heterocycles. The highest BCUT2D eigenvalue weighted by atomic mass is 19.1. The number of rotatable bonds is 7. The number of hydrogen-bond donors (Lipinski definition) is 3. The highest BCUT2D eigenvalue weighted by Gasteiger charge is 2.28. The highest BCUT2D eigenvalue weighted by molar-refractivity contribution is 6.36. The molecule has 0 spiro atoms. The molecule has 0 atom stereocenters. The number of amides is 2. The van der Waals surface area contributed by atoms with Crippen LogP contribution in [-0.2, 0) is 4.79 Å². The van der Waals surface area contributed by atoms with Gasteiger partial charge in [-0.05, 0) is 87.3 Å². The Kier molecular flexibility index (Phi) is 6.69. The van der Waals surface area contributed by atoms with Gasteiger partial charge in [0.1, 0.15) is 11.6 Å². The number of carbonyl (C=O) groups excluding carboxylic acids is 2. The van der Waals surface area contributed by atoms with Gasteiger partial charge >= 0.3 is 0 Å². The summed E-state index contributed by atoms with van der Waals surface area (Å²) in [4.78, 5) is 31.5. The molecule has 3 N–H and O–H groups in total. The average molecular weight is 491 g/mol. The van der Waals surface area contributed by atoms with Crippen molar-refractivity contribution in [2.75, 3.05) is 31.5 Å². The van der Waals surface area contributed by atoms with Gasteiger partial charge in [-0.25, -0.2) is 8.78 Å². The van der Waals surface area contributed by atoms with Crippen LogP contribution in [0, 0.1) is 18.6 Å². The average Bonchev–Trinajstić information content (AvgIpc) is 3.55. The molecule has 0 unspecified atom stereocenters. The van der Waals surface area contributed by atoms with Crippen LogP contribution in [0.4, 0.5) is 14.5 Å². The minimum Gasteiger partial charge on any atom is -0.358 e. The fraction of sp³-hybridized carbons (Fsp3) is 0.286. The van der Waals surface area contributed by atoms with Gasteiger partial charge in [0.15, 0.2) is 0 Å². The maximum atomic E-state index is 14.0. The van der Waals surface area contributed by atoms with E-state index in [1.54, 1.807) is 30.3 Å². The van der Waals surface area contributed by atoms with Crippen molar-refractivity contribution in [1.82, 2.24) is 15.2 Å². The summed E-state index contributed by atoms with van der Waals surface area (Å²) >= 11 is 0. The second-order valence-electron chi connectivity index (χ2n) is 9.34. The minimum atomic E-state index is -0.700. The van der Waals surface area contributed by atoms with Crippen molar-refractivity contribution in [2.45, 2.75) is 26.2 Å². The van der Waals surface area contributed by atoms with Gasteiger partial charge < -0.3 is 20.5 Å². The summed E-state index contributed by atoms with van der Waals surface area (Å²) in [6.45, 7) is 5.61. The number of anilines is 1. The van der Waals surface area contributed by atoms with Crippen molar-refractivity contribution in [1.29, 1.82) is 0 Å². The van der Waals surface area contributed by atoms with E-state index in [2.05, 4.69) is 20.5 Å². The zero-order chi connectivity index (χ0) is 25.2. The first-order chi connectivity index (χ1) is 17.4. The summed E-state index contributed by atoms with van der Waals surface area (Å²) in [6, 6.07) is 10.2. The lowest BCUT2D eigenvalue weighted by atomic mass is 9.94. The summed E-state index contributed by atoms with van der Waals surface area (Å²) in [5, 5.41) is 5.80. The third kappa shape index (κ3) is 4.95. The summed E-state index contributed by atoms with van der Waals surface area (Å²) in [7, 11) is 0. The Labute approximate surface area is 208 Å². The maximum Gasteiger partial charge on any atom is 0.256 e. The van der Waals surface area contributed by atoms with E-state index >= 15 is 0 Å². The highest BCUT2D eigenvalue weighted by Crippen LogP contribution is 2.41. The number of fused-ring (bicyclic) bond motifs is 1. The molecule has 0 radical (unpaired) electrons. The Bertz CT molecular complexity index is 1340. The Morgan fingerprint density at radius 2 is 1.86 bits per heavy atom. The summed E-state index contributed by atoms with van der Waals surface area (Å²) in [5.41, 5.74) is 3.97. The van der Waals surface area contributed by atoms with Crippen molar-refractivity contribution in [3.63, 3.8) is 0 Å². The molecule has 2 amide bonds. The van der Waals surface area contributed by atoms with Gasteiger partial charge in [-0.3, -0.25) is 9.59 Å². The predicted octanol–water partition coefficient (Wildman–Crippen LogP) is 4.98. The lowest BCUT2D eigenvalue weighted by molar-refractivity contribution is -0.110. The molecule has 2 aliphatic rings. The van der Waals surface area contributed by atoms with E-state index in [1.165, 1.54) is 25.0 Å². The van der Waals surface area contributed by atoms with Crippen molar-refractivity contribution in [3.05, 3.63) is 76.6 Å². The molecule has 186 valence electrons. The molecule has 2 aliphatic heterocycles. The monoisotopic (exact) mass is 490 g/mol. The Morgan fingerprint density at radius 3 is 2.61 bits per heavy atom. The van der Waals surface area contributed by atoms with Crippen LogP contribution in [0.25, 0.3) is 22.8 Å². The van der Waals surface area contributed by atoms with Gasteiger partial charge in [0.05, 0.1) is 16.8 Å². The Hall–Kier alpha value is -3.78. The zero-order valence-corrected chi connectivity index (χ0v) is 20.1. The number of halogens is 2. The molecule has 2 aromatic carbocycles. The van der Waals surface area contributed by atoms with Crippen LogP contribution < -0.4 is 10.6 Å². The predicted molar refractivity (Wildman–Crippen MR) is 136 cm³/mol. The number of nitrogens with zero attached hydrogens (tertiary/aromatic N) is 1. The van der Waals surface area contributed by atoms with Crippen LogP contribution in [0.15, 0.2) is 42.5 Å². The molecule has 6 nitrogen and oxygen atoms in total. The second kappa shape index (κ2) is 10.1. The number of benzene rings is 2. The van der Waals surface area contributed by atoms with Crippen molar-refractivity contribution >= 4 is 29.2 Å². The van der Waals surface area contributed by atoms with Crippen LogP contribution in [0.1, 0.15) is 46.6 Å². The molecule has 36 heavy (non-hydrogen) atoms. The number of aromatic amines is 1. The molecule has 3 heterocycles. The zero-order valence-electron chi connectivity index (χ0n) is 20.1. The number of nitrogens with one attached hydrogen (secondary N) is 3. The first kappa shape index (κ1) is 23.9. The molecular formula is C28H28F2N4O2. The first-order valence-electron chi connectivity index (χ1n) is 12.2. The summed E-state index contributed by atoms with van der Waals surface area (Å²) in [6.07, 6.45) is 4.97. The van der Waals surface area contributed by atoms with E-state index in [0.29, 0.717) is 45.8 Å². The molecule has 8 heteroatoms. The quantitative estimate of drug-likeness (QED) is 0.323. The number of likely N-dealkylation sites (tertiary alicyclic amines) is 1. The standard InChI is InChI=1S/C28H28F2N4O2/c1-17-12-22(27(35)31-8-5-11-34-9-2-3-10-34)25(32-17)16-23-26-21(6-4-7-24(26)33-28(23)36)18-13-19(29)15-20(30)14-18/h4,6-7,12-16,32H,2-3,5,8-11H2,1H3,(H,31,35)(H,33,36). The van der Waals surface area contributed by atoms with Gasteiger partial charge in [-0.1, -0.05) is 12.1 Å². The number of H-pyrrole nitrogens is 1. The minimum absolute atomic E-state index is 0.216. The summed E-state index contributed by atoms with van der Waals surface area (Å²) in [5.74, 6) is -1.96. The Balaban J connectivity index is 1.43. The lowest BCUT2D eigenvalue weighted by Gasteiger charge is -2.14.